The Kier molecular flexibility index (Phi) is 2.98. The second-order valence-electron chi connectivity index (χ2n) is 5.33. The molecular weight excluding hydrogens is 170 g/mol. The first-order valence-corrected chi connectivity index (χ1v) is 5.29. The molecule has 0 bridgehead atoms. The van der Waals surface area contributed by atoms with Gasteiger partial charge in [0.05, 0.1) is 0 Å². The van der Waals surface area contributed by atoms with Gasteiger partial charge in [0.2, 0.25) is 0 Å². The molecule has 0 amide bonds. The highest BCUT2D eigenvalue weighted by atomic mass is 14.7. The van der Waals surface area contributed by atoms with Gasteiger partial charge in [0.15, 0.2) is 0 Å². The van der Waals surface area contributed by atoms with Crippen LogP contribution in [0.5, 0.6) is 0 Å². The van der Waals surface area contributed by atoms with E-state index in [0.29, 0.717) is 5.92 Å². The van der Waals surface area contributed by atoms with Crippen molar-refractivity contribution in [3.8, 4) is 0 Å². The summed E-state index contributed by atoms with van der Waals surface area (Å²) >= 11 is 0. The third kappa shape index (κ3) is 2.34. The first-order valence-electron chi connectivity index (χ1n) is 5.29. The highest BCUT2D eigenvalue weighted by Gasteiger charge is 2.15. The Morgan fingerprint density at radius 2 is 1.79 bits per heavy atom. The molecule has 0 N–H and O–H groups in total. The van der Waals surface area contributed by atoms with Gasteiger partial charge in [-0.2, -0.15) is 0 Å². The lowest BCUT2D eigenvalue weighted by molar-refractivity contribution is 0.585. The maximum Gasteiger partial charge on any atom is 0.0458 e. The van der Waals surface area contributed by atoms with Gasteiger partial charge in [-0.05, 0) is 29.4 Å². The quantitative estimate of drug-likeness (QED) is 0.657. The van der Waals surface area contributed by atoms with E-state index in [4.69, 9.17) is 0 Å². The van der Waals surface area contributed by atoms with Gasteiger partial charge >= 0.3 is 0 Å². The standard InChI is InChI=1S/C13H21N/c1-9(2)12-10(3)7-11(8-14-12)13(4,5)6/h7-9H,1-6H3. The molecule has 1 heterocycles. The molecule has 0 unspecified atom stereocenters. The fourth-order valence-corrected chi connectivity index (χ4v) is 1.60. The van der Waals surface area contributed by atoms with Crippen LogP contribution in [0.2, 0.25) is 0 Å². The highest BCUT2D eigenvalue weighted by Crippen LogP contribution is 2.25. The zero-order chi connectivity index (χ0) is 10.9. The zero-order valence-electron chi connectivity index (χ0n) is 10.2. The predicted octanol–water partition coefficient (Wildman–Crippen LogP) is 3.81. The maximum absolute atomic E-state index is 4.54. The van der Waals surface area contributed by atoms with E-state index in [9.17, 15) is 0 Å². The van der Waals surface area contributed by atoms with Crippen LogP contribution in [0.4, 0.5) is 0 Å². The van der Waals surface area contributed by atoms with Gasteiger partial charge in [0.1, 0.15) is 0 Å². The van der Waals surface area contributed by atoms with E-state index < -0.39 is 0 Å². The number of rotatable bonds is 1. The number of hydrogen-bond donors (Lipinski definition) is 0. The van der Waals surface area contributed by atoms with Gasteiger partial charge in [0, 0.05) is 11.9 Å². The highest BCUT2D eigenvalue weighted by molar-refractivity contribution is 5.29. The van der Waals surface area contributed by atoms with Gasteiger partial charge in [-0.25, -0.2) is 0 Å². The van der Waals surface area contributed by atoms with E-state index in [2.05, 4.69) is 52.6 Å². The van der Waals surface area contributed by atoms with E-state index in [1.807, 2.05) is 6.20 Å². The molecule has 0 aliphatic rings. The Morgan fingerprint density at radius 1 is 1.21 bits per heavy atom. The van der Waals surface area contributed by atoms with Crippen LogP contribution in [0.25, 0.3) is 0 Å². The van der Waals surface area contributed by atoms with Crippen LogP contribution < -0.4 is 0 Å². The molecule has 14 heavy (non-hydrogen) atoms. The van der Waals surface area contributed by atoms with Crippen molar-refractivity contribution < 1.29 is 0 Å². The molecular formula is C13H21N. The largest absolute Gasteiger partial charge is 0.260 e. The Bertz CT molecular complexity index is 318. The summed E-state index contributed by atoms with van der Waals surface area (Å²) in [6, 6.07) is 2.27. The van der Waals surface area contributed by atoms with Crippen LogP contribution in [0.15, 0.2) is 12.3 Å². The van der Waals surface area contributed by atoms with E-state index in [1.54, 1.807) is 0 Å². The molecule has 0 aliphatic carbocycles. The van der Waals surface area contributed by atoms with Gasteiger partial charge in [0.25, 0.3) is 0 Å². The molecule has 0 radical (unpaired) electrons. The number of pyridine rings is 1. The van der Waals surface area contributed by atoms with E-state index in [1.165, 1.54) is 16.8 Å². The van der Waals surface area contributed by atoms with Crippen molar-refractivity contribution in [2.75, 3.05) is 0 Å². The monoisotopic (exact) mass is 191 g/mol. The first kappa shape index (κ1) is 11.2. The predicted molar refractivity (Wildman–Crippen MR) is 61.8 cm³/mol. The van der Waals surface area contributed by atoms with Crippen molar-refractivity contribution >= 4 is 0 Å². The molecule has 78 valence electrons. The molecule has 1 aromatic heterocycles. The number of aryl methyl sites for hydroxylation is 1. The van der Waals surface area contributed by atoms with E-state index in [0.717, 1.165) is 0 Å². The Hall–Kier alpha value is -0.850. The van der Waals surface area contributed by atoms with Crippen LogP contribution in [0.1, 0.15) is 57.4 Å². The minimum absolute atomic E-state index is 0.202. The Labute approximate surface area is 87.6 Å². The lowest BCUT2D eigenvalue weighted by Gasteiger charge is -2.20. The van der Waals surface area contributed by atoms with Crippen molar-refractivity contribution in [2.24, 2.45) is 0 Å². The molecule has 0 saturated carbocycles. The average Bonchev–Trinajstić information content (AvgIpc) is 2.01. The fourth-order valence-electron chi connectivity index (χ4n) is 1.60. The summed E-state index contributed by atoms with van der Waals surface area (Å²) in [6.45, 7) is 13.2. The molecule has 1 rings (SSSR count). The topological polar surface area (TPSA) is 12.9 Å². The second-order valence-corrected chi connectivity index (χ2v) is 5.33. The van der Waals surface area contributed by atoms with Crippen molar-refractivity contribution in [2.45, 2.75) is 52.9 Å². The summed E-state index contributed by atoms with van der Waals surface area (Å²) in [5, 5.41) is 0. The minimum atomic E-state index is 0.202. The fraction of sp³-hybridized carbons (Fsp3) is 0.615. The van der Waals surface area contributed by atoms with Crippen molar-refractivity contribution in [1.82, 2.24) is 4.98 Å². The average molecular weight is 191 g/mol. The second kappa shape index (κ2) is 3.72. The van der Waals surface area contributed by atoms with Crippen LogP contribution in [0.3, 0.4) is 0 Å². The first-order chi connectivity index (χ1) is 6.32. The molecule has 0 atom stereocenters. The summed E-state index contributed by atoms with van der Waals surface area (Å²) in [4.78, 5) is 4.54. The number of nitrogens with zero attached hydrogens (tertiary/aromatic N) is 1. The summed E-state index contributed by atoms with van der Waals surface area (Å²) in [5.41, 5.74) is 4.05. The zero-order valence-corrected chi connectivity index (χ0v) is 10.2. The maximum atomic E-state index is 4.54. The van der Waals surface area contributed by atoms with Crippen molar-refractivity contribution in [1.29, 1.82) is 0 Å². The number of aromatic nitrogens is 1. The smallest absolute Gasteiger partial charge is 0.0458 e. The summed E-state index contributed by atoms with van der Waals surface area (Å²) in [7, 11) is 0. The molecule has 0 fully saturated rings. The molecule has 1 heteroatoms. The lowest BCUT2D eigenvalue weighted by Crippen LogP contribution is -2.12. The Balaban J connectivity index is 3.13. The third-order valence-electron chi connectivity index (χ3n) is 2.53. The van der Waals surface area contributed by atoms with Crippen LogP contribution in [-0.2, 0) is 5.41 Å². The summed E-state index contributed by atoms with van der Waals surface area (Å²) in [5.74, 6) is 0.518. The van der Waals surface area contributed by atoms with Gasteiger partial charge < -0.3 is 0 Å². The summed E-state index contributed by atoms with van der Waals surface area (Å²) in [6.07, 6.45) is 2.02. The lowest BCUT2D eigenvalue weighted by atomic mass is 9.87. The van der Waals surface area contributed by atoms with Crippen molar-refractivity contribution in [3.05, 3.63) is 29.1 Å². The van der Waals surface area contributed by atoms with Gasteiger partial charge in [-0.1, -0.05) is 40.7 Å². The molecule has 0 aromatic carbocycles. The summed E-state index contributed by atoms with van der Waals surface area (Å²) < 4.78 is 0. The minimum Gasteiger partial charge on any atom is -0.260 e. The Morgan fingerprint density at radius 3 is 2.14 bits per heavy atom. The van der Waals surface area contributed by atoms with E-state index in [-0.39, 0.29) is 5.41 Å². The van der Waals surface area contributed by atoms with Gasteiger partial charge in [-0.15, -0.1) is 0 Å². The van der Waals surface area contributed by atoms with E-state index >= 15 is 0 Å². The SMILES string of the molecule is Cc1cc(C(C)(C)C)cnc1C(C)C. The van der Waals surface area contributed by atoms with Crippen LogP contribution >= 0.6 is 0 Å². The van der Waals surface area contributed by atoms with Crippen LogP contribution in [-0.4, -0.2) is 4.98 Å². The third-order valence-corrected chi connectivity index (χ3v) is 2.53. The molecule has 0 aliphatic heterocycles. The van der Waals surface area contributed by atoms with Crippen molar-refractivity contribution in [3.63, 3.8) is 0 Å². The molecule has 1 aromatic rings. The normalized spacial score (nSPS) is 12.2. The molecule has 0 saturated heterocycles. The van der Waals surface area contributed by atoms with Gasteiger partial charge in [-0.3, -0.25) is 4.98 Å². The number of hydrogen-bond acceptors (Lipinski definition) is 1. The molecule has 0 spiro atoms. The molecule has 1 nitrogen and oxygen atoms in total. The van der Waals surface area contributed by atoms with Crippen LogP contribution in [0, 0.1) is 6.92 Å².